The molecule has 2 nitrogen and oxygen atoms in total. The van der Waals surface area contributed by atoms with Gasteiger partial charge in [0.15, 0.2) is 5.82 Å². The van der Waals surface area contributed by atoms with Gasteiger partial charge in [-0.1, -0.05) is 34.6 Å². The highest BCUT2D eigenvalue weighted by atomic mass is 79.9. The second-order valence-corrected chi connectivity index (χ2v) is 12.3. The summed E-state index contributed by atoms with van der Waals surface area (Å²) in [7, 11) is 0. The summed E-state index contributed by atoms with van der Waals surface area (Å²) in [4.78, 5) is 9.00. The minimum atomic E-state index is -0.355. The molecule has 0 amide bonds. The van der Waals surface area contributed by atoms with Crippen LogP contribution in [0.2, 0.25) is 0 Å². The van der Waals surface area contributed by atoms with Gasteiger partial charge in [-0.3, -0.25) is 4.98 Å². The minimum Gasteiger partial charge on any atom is -0.254 e. The van der Waals surface area contributed by atoms with E-state index in [9.17, 15) is 8.78 Å². The average Bonchev–Trinajstić information content (AvgIpc) is 3.53. The van der Waals surface area contributed by atoms with Gasteiger partial charge in [-0.15, -0.1) is 0 Å². The molecule has 2 aromatic rings. The maximum absolute atomic E-state index is 14.8. The highest BCUT2D eigenvalue weighted by molar-refractivity contribution is 9.10. The lowest BCUT2D eigenvalue weighted by Gasteiger charge is -2.26. The lowest BCUT2D eigenvalue weighted by molar-refractivity contribution is 0.424. The molecule has 162 valence electrons. The highest BCUT2D eigenvalue weighted by Gasteiger charge is 2.45. The number of pyridine rings is 2. The summed E-state index contributed by atoms with van der Waals surface area (Å²) >= 11 is 6.97. The van der Waals surface area contributed by atoms with Crippen LogP contribution in [0.4, 0.5) is 8.78 Å². The fourth-order valence-electron chi connectivity index (χ4n) is 4.37. The Morgan fingerprint density at radius 1 is 1.00 bits per heavy atom. The third-order valence-corrected chi connectivity index (χ3v) is 7.54. The predicted molar refractivity (Wildman–Crippen MR) is 123 cm³/mol. The third-order valence-electron chi connectivity index (χ3n) is 6.36. The smallest absolute Gasteiger partial charge is 0.216 e. The third kappa shape index (κ3) is 4.36. The Kier molecular flexibility index (Phi) is 5.66. The van der Waals surface area contributed by atoms with Crippen molar-refractivity contribution < 1.29 is 8.78 Å². The van der Waals surface area contributed by atoms with Crippen LogP contribution in [0.5, 0.6) is 0 Å². The van der Waals surface area contributed by atoms with Crippen molar-refractivity contribution in [3.63, 3.8) is 0 Å². The zero-order valence-corrected chi connectivity index (χ0v) is 21.3. The number of rotatable bonds is 5. The fourth-order valence-corrected chi connectivity index (χ4v) is 5.72. The number of nitrogens with zero attached hydrogens (tertiary/aromatic N) is 2. The van der Waals surface area contributed by atoms with E-state index in [1.807, 2.05) is 32.9 Å². The summed E-state index contributed by atoms with van der Waals surface area (Å²) in [6.07, 6.45) is 3.85. The van der Waals surface area contributed by atoms with Gasteiger partial charge in [0.25, 0.3) is 0 Å². The van der Waals surface area contributed by atoms with Crippen molar-refractivity contribution in [2.75, 3.05) is 0 Å². The molecule has 2 aliphatic rings. The summed E-state index contributed by atoms with van der Waals surface area (Å²) in [6, 6.07) is 3.73. The van der Waals surface area contributed by atoms with E-state index in [1.165, 1.54) is 0 Å². The van der Waals surface area contributed by atoms with Crippen LogP contribution in [-0.2, 0) is 10.8 Å². The average molecular weight is 542 g/mol. The predicted octanol–water partition coefficient (Wildman–Crippen LogP) is 7.93. The lowest BCUT2D eigenvalue weighted by atomic mass is 9.82. The van der Waals surface area contributed by atoms with Crippen LogP contribution in [0.15, 0.2) is 21.1 Å². The van der Waals surface area contributed by atoms with E-state index in [-0.39, 0.29) is 34.4 Å². The molecule has 2 heterocycles. The highest BCUT2D eigenvalue weighted by Crippen LogP contribution is 2.54. The number of aromatic nitrogens is 2. The van der Waals surface area contributed by atoms with E-state index in [1.54, 1.807) is 0 Å². The zero-order valence-electron chi connectivity index (χ0n) is 18.1. The second kappa shape index (κ2) is 7.61. The number of hydrogen-bond acceptors (Lipinski definition) is 2. The van der Waals surface area contributed by atoms with Crippen LogP contribution in [0.3, 0.4) is 0 Å². The molecule has 0 radical (unpaired) electrons. The van der Waals surface area contributed by atoms with Crippen molar-refractivity contribution in [1.29, 1.82) is 0 Å². The molecule has 2 fully saturated rings. The lowest BCUT2D eigenvalue weighted by Crippen LogP contribution is -2.21. The van der Waals surface area contributed by atoms with Crippen LogP contribution < -0.4 is 0 Å². The molecule has 2 unspecified atom stereocenters. The zero-order chi connectivity index (χ0) is 22.0. The van der Waals surface area contributed by atoms with Gasteiger partial charge in [0.2, 0.25) is 5.95 Å². The molecular formula is C24H28Br2F2N2. The van der Waals surface area contributed by atoms with Gasteiger partial charge in [-0.2, -0.15) is 4.39 Å². The first-order valence-electron chi connectivity index (χ1n) is 10.6. The van der Waals surface area contributed by atoms with Crippen molar-refractivity contribution in [1.82, 2.24) is 9.97 Å². The van der Waals surface area contributed by atoms with E-state index in [4.69, 9.17) is 4.98 Å². The first-order valence-corrected chi connectivity index (χ1v) is 12.2. The molecule has 0 aromatic carbocycles. The molecule has 0 bridgehead atoms. The summed E-state index contributed by atoms with van der Waals surface area (Å²) in [5, 5.41) is 0. The fraction of sp³-hybridized carbons (Fsp3) is 0.583. The van der Waals surface area contributed by atoms with Crippen LogP contribution >= 0.6 is 31.9 Å². The van der Waals surface area contributed by atoms with Crippen molar-refractivity contribution in [2.45, 2.75) is 83.0 Å². The Morgan fingerprint density at radius 3 is 2.27 bits per heavy atom. The molecule has 2 saturated carbocycles. The maximum atomic E-state index is 14.8. The normalized spacial score (nSPS) is 21.8. The molecule has 2 aliphatic carbocycles. The Bertz CT molecular complexity index is 994. The molecule has 6 heteroatoms. The van der Waals surface area contributed by atoms with Gasteiger partial charge in [0.05, 0.1) is 15.9 Å². The maximum Gasteiger partial charge on any atom is 0.216 e. The van der Waals surface area contributed by atoms with Gasteiger partial charge in [0.1, 0.15) is 0 Å². The summed E-state index contributed by atoms with van der Waals surface area (Å²) in [6.45, 7) is 10.4. The van der Waals surface area contributed by atoms with Crippen molar-refractivity contribution >= 4 is 31.9 Å². The van der Waals surface area contributed by atoms with Gasteiger partial charge in [-0.05, 0) is 81.5 Å². The molecule has 4 rings (SSSR count). The second-order valence-electron chi connectivity index (χ2n) is 10.6. The number of hydrogen-bond donors (Lipinski definition) is 0. The summed E-state index contributed by atoms with van der Waals surface area (Å²) in [5.74, 6) is 0.225. The van der Waals surface area contributed by atoms with Crippen molar-refractivity contribution in [3.05, 3.63) is 55.5 Å². The Balaban J connectivity index is 1.54. The van der Waals surface area contributed by atoms with Gasteiger partial charge in [-0.25, -0.2) is 9.37 Å². The first-order chi connectivity index (χ1) is 13.9. The van der Waals surface area contributed by atoms with Crippen molar-refractivity contribution in [3.8, 4) is 0 Å². The van der Waals surface area contributed by atoms with E-state index in [2.05, 4.69) is 50.7 Å². The standard InChI is InChI=1S/C24H28Br2F2N2/c1-23(2,3)21-17(26)9-15(22(28)30-21)14-8-13(14)11-24(4,5)18-10-16(25)19(27)20(29-18)12-6-7-12/h9-10,12-14H,6-8,11H2,1-5H3. The largest absolute Gasteiger partial charge is 0.254 e. The molecule has 2 atom stereocenters. The summed E-state index contributed by atoms with van der Waals surface area (Å²) in [5.41, 5.74) is 2.51. The monoisotopic (exact) mass is 540 g/mol. The van der Waals surface area contributed by atoms with E-state index < -0.39 is 0 Å². The van der Waals surface area contributed by atoms with Gasteiger partial charge < -0.3 is 0 Å². The van der Waals surface area contributed by atoms with Crippen LogP contribution in [0, 0.1) is 17.7 Å². The number of halogens is 4. The molecular weight excluding hydrogens is 514 g/mol. The molecule has 30 heavy (non-hydrogen) atoms. The van der Waals surface area contributed by atoms with Crippen LogP contribution in [0.25, 0.3) is 0 Å². The minimum absolute atomic E-state index is 0.175. The SMILES string of the molecule is CC(C)(C)c1nc(F)c(C2CC2CC(C)(C)c2cc(Br)c(F)c(C3CC3)n2)cc1Br. The molecule has 2 aromatic heterocycles. The molecule has 0 saturated heterocycles. The Hall–Kier alpha value is -0.880. The van der Waals surface area contributed by atoms with Gasteiger partial charge >= 0.3 is 0 Å². The first kappa shape index (κ1) is 22.3. The topological polar surface area (TPSA) is 25.8 Å². The quantitative estimate of drug-likeness (QED) is 0.359. The van der Waals surface area contributed by atoms with E-state index in [0.29, 0.717) is 21.6 Å². The Labute approximate surface area is 194 Å². The molecule has 0 spiro atoms. The van der Waals surface area contributed by atoms with E-state index in [0.717, 1.165) is 41.5 Å². The van der Waals surface area contributed by atoms with Gasteiger partial charge in [0, 0.05) is 32.5 Å². The Morgan fingerprint density at radius 2 is 1.67 bits per heavy atom. The van der Waals surface area contributed by atoms with Crippen LogP contribution in [0.1, 0.15) is 94.8 Å². The summed E-state index contributed by atoms with van der Waals surface area (Å²) < 4.78 is 30.7. The van der Waals surface area contributed by atoms with Crippen LogP contribution in [-0.4, -0.2) is 9.97 Å². The van der Waals surface area contributed by atoms with Crippen molar-refractivity contribution in [2.24, 2.45) is 5.92 Å². The molecule has 0 N–H and O–H groups in total. The van der Waals surface area contributed by atoms with E-state index >= 15 is 0 Å². The molecule has 0 aliphatic heterocycles.